The molecule has 11 heteroatoms. The number of carbonyl (C=O) groups is 3. The molecule has 7 aliphatic rings. The molecule has 5 saturated carbocycles. The van der Waals surface area contributed by atoms with Gasteiger partial charge in [0.15, 0.2) is 0 Å². The predicted octanol–water partition coefficient (Wildman–Crippen LogP) is 10.1. The third-order valence-corrected chi connectivity index (χ3v) is 16.6. The van der Waals surface area contributed by atoms with Gasteiger partial charge < -0.3 is 30.3 Å². The van der Waals surface area contributed by atoms with Gasteiger partial charge in [0.25, 0.3) is 0 Å². The van der Waals surface area contributed by atoms with E-state index in [2.05, 4.69) is 41.6 Å². The van der Waals surface area contributed by atoms with Crippen LogP contribution in [-0.4, -0.2) is 57.8 Å². The highest BCUT2D eigenvalue weighted by Gasteiger charge is 2.57. The van der Waals surface area contributed by atoms with Crippen molar-refractivity contribution in [2.75, 3.05) is 18.5 Å². The molecule has 2 aromatic carbocycles. The first-order valence-corrected chi connectivity index (χ1v) is 23.9. The van der Waals surface area contributed by atoms with Gasteiger partial charge in [-0.15, -0.1) is 0 Å². The molecule has 332 valence electrons. The Kier molecular flexibility index (Phi) is 12.0. The predicted molar refractivity (Wildman–Crippen MR) is 239 cm³/mol. The number of nitrogens with one attached hydrogen (secondary N) is 2. The topological polar surface area (TPSA) is 147 Å². The Morgan fingerprint density at radius 2 is 1.69 bits per heavy atom. The third kappa shape index (κ3) is 8.42. The van der Waals surface area contributed by atoms with Crippen LogP contribution >= 0.6 is 11.6 Å². The van der Waals surface area contributed by atoms with Gasteiger partial charge in [0, 0.05) is 40.0 Å². The molecule has 1 unspecified atom stereocenters. The number of carboxylic acids is 2. The number of hydrogen-bond acceptors (Lipinski definition) is 7. The first-order chi connectivity index (χ1) is 29.8. The van der Waals surface area contributed by atoms with E-state index in [4.69, 9.17) is 21.1 Å². The second kappa shape index (κ2) is 17.3. The normalized spacial score (nSPS) is 31.4. The number of anilines is 1. The quantitative estimate of drug-likeness (QED) is 0.103. The lowest BCUT2D eigenvalue weighted by atomic mass is 9.47. The van der Waals surface area contributed by atoms with Gasteiger partial charge in [-0.3, -0.25) is 9.78 Å². The van der Waals surface area contributed by atoms with Crippen molar-refractivity contribution in [2.24, 2.45) is 35.0 Å². The van der Waals surface area contributed by atoms with E-state index in [1.165, 1.54) is 36.0 Å². The molecule has 62 heavy (non-hydrogen) atoms. The number of ether oxygens (including phenoxy) is 2. The molecule has 10 nitrogen and oxygen atoms in total. The third-order valence-electron chi connectivity index (χ3n) is 16.3. The average molecular weight is 867 g/mol. The van der Waals surface area contributed by atoms with Gasteiger partial charge in [0.2, 0.25) is 5.91 Å². The zero-order chi connectivity index (χ0) is 43.2. The van der Waals surface area contributed by atoms with Crippen LogP contribution in [0.25, 0.3) is 0 Å². The summed E-state index contributed by atoms with van der Waals surface area (Å²) in [6, 6.07) is 14.8. The van der Waals surface area contributed by atoms with E-state index in [-0.39, 0.29) is 35.0 Å². The summed E-state index contributed by atoms with van der Waals surface area (Å²) in [4.78, 5) is 43.7. The number of carbonyl (C=O) groups excluding carboxylic acids is 1. The fraction of sp³-hybridized carbons (Fsp3) is 0.608. The number of amides is 1. The number of pyridine rings is 1. The molecular formula is C51H64ClN3O7. The summed E-state index contributed by atoms with van der Waals surface area (Å²) in [5.74, 6) is 2.47. The number of benzene rings is 2. The van der Waals surface area contributed by atoms with Crippen LogP contribution in [0.1, 0.15) is 138 Å². The molecule has 3 aromatic rings. The molecule has 0 saturated heterocycles. The zero-order valence-corrected chi connectivity index (χ0v) is 37.2. The second-order valence-electron chi connectivity index (χ2n) is 20.6. The summed E-state index contributed by atoms with van der Waals surface area (Å²) in [6.45, 7) is 5.46. The van der Waals surface area contributed by atoms with E-state index in [9.17, 15) is 24.6 Å². The van der Waals surface area contributed by atoms with Crippen molar-refractivity contribution in [3.63, 3.8) is 0 Å². The number of aliphatic carboxylic acids is 2. The highest BCUT2D eigenvalue weighted by Crippen LogP contribution is 2.61. The van der Waals surface area contributed by atoms with Gasteiger partial charge in [0.1, 0.15) is 23.1 Å². The van der Waals surface area contributed by atoms with Crippen LogP contribution in [0, 0.1) is 35.0 Å². The summed E-state index contributed by atoms with van der Waals surface area (Å²) < 4.78 is 13.0. The number of aromatic nitrogens is 1. The Hall–Kier alpha value is -4.31. The van der Waals surface area contributed by atoms with Crippen molar-refractivity contribution in [3.8, 4) is 11.5 Å². The van der Waals surface area contributed by atoms with E-state index >= 15 is 0 Å². The molecule has 1 heterocycles. The average Bonchev–Trinajstić information content (AvgIpc) is 3.51. The lowest BCUT2D eigenvalue weighted by molar-refractivity contribution is -0.154. The first-order valence-electron chi connectivity index (χ1n) is 23.5. The van der Waals surface area contributed by atoms with E-state index in [0.29, 0.717) is 79.7 Å². The Balaban J connectivity index is 0.879. The Morgan fingerprint density at radius 1 is 0.952 bits per heavy atom. The van der Waals surface area contributed by atoms with Gasteiger partial charge in [0.05, 0.1) is 13.2 Å². The molecule has 7 aliphatic carbocycles. The first kappa shape index (κ1) is 43.0. The molecule has 0 aliphatic heterocycles. The minimum Gasteiger partial charge on any atom is -0.494 e. The highest BCUT2D eigenvalue weighted by atomic mass is 35.5. The summed E-state index contributed by atoms with van der Waals surface area (Å²) in [5.41, 5.74) is 3.96. The van der Waals surface area contributed by atoms with Gasteiger partial charge in [-0.05, 0) is 191 Å². The lowest BCUT2D eigenvalue weighted by Crippen LogP contribution is -2.59. The van der Waals surface area contributed by atoms with E-state index < -0.39 is 23.5 Å². The summed E-state index contributed by atoms with van der Waals surface area (Å²) >= 11 is 6.32. The number of halogens is 1. The van der Waals surface area contributed by atoms with Crippen LogP contribution in [0.15, 0.2) is 54.7 Å². The highest BCUT2D eigenvalue weighted by molar-refractivity contribution is 6.30. The van der Waals surface area contributed by atoms with Gasteiger partial charge in [-0.25, -0.2) is 9.59 Å². The second-order valence-corrected chi connectivity index (χ2v) is 21.0. The number of nitrogens with zero attached hydrogens (tertiary/aromatic N) is 1. The van der Waals surface area contributed by atoms with Crippen LogP contribution in [0.4, 0.5) is 5.69 Å². The minimum absolute atomic E-state index is 0.200. The Bertz CT molecular complexity index is 2130. The summed E-state index contributed by atoms with van der Waals surface area (Å²) in [6.07, 6.45) is 16.4. The molecule has 1 spiro atoms. The maximum absolute atomic E-state index is 13.3. The molecule has 1 amide bonds. The van der Waals surface area contributed by atoms with Gasteiger partial charge >= 0.3 is 11.9 Å². The minimum atomic E-state index is -1.13. The lowest BCUT2D eigenvalue weighted by Gasteiger charge is -2.58. The summed E-state index contributed by atoms with van der Waals surface area (Å²) in [5, 5.41) is 28.0. The van der Waals surface area contributed by atoms with E-state index in [0.717, 1.165) is 68.6 Å². The fourth-order valence-electron chi connectivity index (χ4n) is 13.8. The van der Waals surface area contributed by atoms with Crippen molar-refractivity contribution in [1.29, 1.82) is 0 Å². The van der Waals surface area contributed by atoms with Crippen molar-refractivity contribution < 1.29 is 34.1 Å². The molecule has 1 aromatic heterocycles. The van der Waals surface area contributed by atoms with Crippen molar-refractivity contribution in [2.45, 2.75) is 146 Å². The van der Waals surface area contributed by atoms with Crippen LogP contribution in [0.5, 0.6) is 11.5 Å². The molecule has 5 fully saturated rings. The van der Waals surface area contributed by atoms with Crippen LogP contribution < -0.4 is 20.1 Å². The van der Waals surface area contributed by atoms with Crippen molar-refractivity contribution >= 4 is 35.1 Å². The monoisotopic (exact) mass is 865 g/mol. The zero-order valence-electron chi connectivity index (χ0n) is 36.4. The SMILES string of the molecule is C[C@@H](COc1ccnc2c1[C@H](C)CCC2)CC1Cc2ccc(OCCCC(=O)N[C@H](C(=O)O)C34CC5CC(CC(C5)C3)C4)cc2C12CCC(Nc1cccc(Cl)c1)(C(=O)O)CC2. The number of carboxylic acid groups (broad SMARTS) is 2. The van der Waals surface area contributed by atoms with Crippen molar-refractivity contribution in [3.05, 3.63) is 82.1 Å². The molecule has 4 N–H and O–H groups in total. The van der Waals surface area contributed by atoms with Gasteiger partial charge in [-0.1, -0.05) is 37.6 Å². The van der Waals surface area contributed by atoms with Gasteiger partial charge in [-0.2, -0.15) is 0 Å². The van der Waals surface area contributed by atoms with E-state index in [1.807, 2.05) is 30.5 Å². The van der Waals surface area contributed by atoms with Crippen LogP contribution in [-0.2, 0) is 32.6 Å². The molecule has 4 bridgehead atoms. The van der Waals surface area contributed by atoms with Crippen molar-refractivity contribution in [1.82, 2.24) is 10.3 Å². The summed E-state index contributed by atoms with van der Waals surface area (Å²) in [7, 11) is 0. The fourth-order valence-corrected chi connectivity index (χ4v) is 14.0. The smallest absolute Gasteiger partial charge is 0.329 e. The number of rotatable bonds is 16. The Morgan fingerprint density at radius 3 is 2.39 bits per heavy atom. The Labute approximate surface area is 371 Å². The maximum Gasteiger partial charge on any atom is 0.329 e. The largest absolute Gasteiger partial charge is 0.494 e. The number of aryl methyl sites for hydroxylation is 1. The molecule has 10 rings (SSSR count). The number of fused-ring (bicyclic) bond motifs is 3. The number of hydrogen-bond donors (Lipinski definition) is 4. The van der Waals surface area contributed by atoms with E-state index in [1.54, 1.807) is 12.1 Å². The molecule has 4 atom stereocenters. The van der Waals surface area contributed by atoms with Crippen LogP contribution in [0.3, 0.4) is 0 Å². The van der Waals surface area contributed by atoms with Crippen LogP contribution in [0.2, 0.25) is 5.02 Å². The standard InChI is InChI=1S/C51H64ClN3O7/c1-31(30-62-43-13-18-53-42-9-3-6-32(2)45(42)43)20-37-24-36-11-12-40(26-41(36)50(37)14-16-51(17-15-50,48(59)60)55-39-8-4-7-38(52)25-39)61-19-5-10-44(56)54-46(47(57)58)49-27-33-21-34(28-49)23-35(22-33)29-49/h4,7-8,11-13,18,25-26,31-35,37,46,55H,3,5-6,9-10,14-17,19-24,27-30H2,1-2H3,(H,54,56)(H,57,58)(H,59,60)/t31-,32-,33?,34?,35?,37?,46-,49?,50?,51?/m1/s1. The molecule has 0 radical (unpaired) electrons. The molecular weight excluding hydrogens is 802 g/mol. The maximum atomic E-state index is 13.3.